The monoisotopic (exact) mass is 129 g/mol. The fourth-order valence-corrected chi connectivity index (χ4v) is 1.11. The summed E-state index contributed by atoms with van der Waals surface area (Å²) in [6.45, 7) is 4.99. The van der Waals surface area contributed by atoms with Gasteiger partial charge in [-0.2, -0.15) is 0 Å². The molecule has 0 bridgehead atoms. The quantitative estimate of drug-likeness (QED) is 0.523. The lowest BCUT2D eigenvalue weighted by Crippen LogP contribution is -2.36. The number of alkyl halides is 1. The average molecular weight is 129 g/mol. The van der Waals surface area contributed by atoms with Crippen LogP contribution in [0.3, 0.4) is 0 Å². The van der Waals surface area contributed by atoms with Gasteiger partial charge in [0, 0.05) is 12.5 Å². The Morgan fingerprint density at radius 2 is 2.44 bits per heavy atom. The molecule has 1 saturated heterocycles. The van der Waals surface area contributed by atoms with Gasteiger partial charge in [-0.25, -0.2) is 4.39 Å². The standard InChI is InChI=1S/C7H12FN/c1-2-6-3-4-9-5-7(6)8/h2,6-7,9H,1,3-5H2. The lowest BCUT2D eigenvalue weighted by Gasteiger charge is -2.23. The van der Waals surface area contributed by atoms with E-state index in [9.17, 15) is 4.39 Å². The van der Waals surface area contributed by atoms with Crippen molar-refractivity contribution in [2.24, 2.45) is 5.92 Å². The summed E-state index contributed by atoms with van der Waals surface area (Å²) in [7, 11) is 0. The summed E-state index contributed by atoms with van der Waals surface area (Å²) in [5, 5.41) is 2.98. The van der Waals surface area contributed by atoms with Crippen molar-refractivity contribution in [3.63, 3.8) is 0 Å². The molecule has 0 radical (unpaired) electrons. The number of piperidine rings is 1. The van der Waals surface area contributed by atoms with Gasteiger partial charge in [-0.1, -0.05) is 6.08 Å². The zero-order chi connectivity index (χ0) is 6.69. The summed E-state index contributed by atoms with van der Waals surface area (Å²) in [6.07, 6.45) is 1.90. The third-order valence-corrected chi connectivity index (χ3v) is 1.76. The first-order chi connectivity index (χ1) is 4.34. The molecule has 1 aliphatic rings. The smallest absolute Gasteiger partial charge is 0.119 e. The van der Waals surface area contributed by atoms with E-state index in [4.69, 9.17) is 0 Å². The Morgan fingerprint density at radius 1 is 1.67 bits per heavy atom. The Hall–Kier alpha value is -0.370. The largest absolute Gasteiger partial charge is 0.314 e. The lowest BCUT2D eigenvalue weighted by atomic mass is 9.97. The van der Waals surface area contributed by atoms with Crippen molar-refractivity contribution in [2.45, 2.75) is 12.6 Å². The van der Waals surface area contributed by atoms with Gasteiger partial charge in [0.1, 0.15) is 6.17 Å². The zero-order valence-electron chi connectivity index (χ0n) is 5.44. The number of rotatable bonds is 1. The number of halogens is 1. The van der Waals surface area contributed by atoms with Crippen LogP contribution in [-0.4, -0.2) is 19.3 Å². The minimum Gasteiger partial charge on any atom is -0.314 e. The van der Waals surface area contributed by atoms with E-state index in [2.05, 4.69) is 11.9 Å². The normalized spacial score (nSPS) is 36.1. The van der Waals surface area contributed by atoms with Crippen molar-refractivity contribution >= 4 is 0 Å². The van der Waals surface area contributed by atoms with Crippen LogP contribution in [0.5, 0.6) is 0 Å². The molecule has 2 atom stereocenters. The molecule has 0 aromatic rings. The molecule has 9 heavy (non-hydrogen) atoms. The van der Waals surface area contributed by atoms with Crippen molar-refractivity contribution in [3.05, 3.63) is 12.7 Å². The van der Waals surface area contributed by atoms with E-state index >= 15 is 0 Å². The van der Waals surface area contributed by atoms with Crippen molar-refractivity contribution in [3.8, 4) is 0 Å². The summed E-state index contributed by atoms with van der Waals surface area (Å²) in [5.41, 5.74) is 0. The molecule has 0 aromatic heterocycles. The molecule has 1 heterocycles. The van der Waals surface area contributed by atoms with E-state index in [0.717, 1.165) is 13.0 Å². The van der Waals surface area contributed by atoms with Gasteiger partial charge in [0.15, 0.2) is 0 Å². The van der Waals surface area contributed by atoms with E-state index in [-0.39, 0.29) is 5.92 Å². The third-order valence-electron chi connectivity index (χ3n) is 1.76. The Balaban J connectivity index is 2.38. The molecule has 1 fully saturated rings. The molecular formula is C7H12FN. The van der Waals surface area contributed by atoms with Gasteiger partial charge in [0.25, 0.3) is 0 Å². The van der Waals surface area contributed by atoms with Gasteiger partial charge in [-0.15, -0.1) is 6.58 Å². The molecule has 0 aliphatic carbocycles. The minimum atomic E-state index is -0.712. The maximum Gasteiger partial charge on any atom is 0.119 e. The van der Waals surface area contributed by atoms with Gasteiger partial charge >= 0.3 is 0 Å². The van der Waals surface area contributed by atoms with Gasteiger partial charge in [0.05, 0.1) is 0 Å². The van der Waals surface area contributed by atoms with E-state index in [1.807, 2.05) is 0 Å². The van der Waals surface area contributed by atoms with Crippen LogP contribution in [0.25, 0.3) is 0 Å². The van der Waals surface area contributed by atoms with Crippen LogP contribution in [0.15, 0.2) is 12.7 Å². The van der Waals surface area contributed by atoms with Crippen molar-refractivity contribution in [1.29, 1.82) is 0 Å². The maximum atomic E-state index is 12.7. The number of hydrogen-bond donors (Lipinski definition) is 1. The van der Waals surface area contributed by atoms with Crippen LogP contribution >= 0.6 is 0 Å². The molecule has 0 amide bonds. The molecule has 1 aliphatic heterocycles. The van der Waals surface area contributed by atoms with Gasteiger partial charge in [-0.3, -0.25) is 0 Å². The molecular weight excluding hydrogens is 117 g/mol. The van der Waals surface area contributed by atoms with Crippen molar-refractivity contribution in [1.82, 2.24) is 5.32 Å². The summed E-state index contributed by atoms with van der Waals surface area (Å²) < 4.78 is 12.7. The topological polar surface area (TPSA) is 12.0 Å². The maximum absolute atomic E-state index is 12.7. The van der Waals surface area contributed by atoms with Crippen LogP contribution in [0.4, 0.5) is 4.39 Å². The fraction of sp³-hybridized carbons (Fsp3) is 0.714. The predicted octanol–water partition coefficient (Wildman–Crippen LogP) is 1.12. The van der Waals surface area contributed by atoms with Crippen LogP contribution in [0.2, 0.25) is 0 Å². The third kappa shape index (κ3) is 1.52. The van der Waals surface area contributed by atoms with Crippen molar-refractivity contribution < 1.29 is 4.39 Å². The number of hydrogen-bond acceptors (Lipinski definition) is 1. The highest BCUT2D eigenvalue weighted by Gasteiger charge is 2.20. The van der Waals surface area contributed by atoms with Gasteiger partial charge in [-0.05, 0) is 13.0 Å². The van der Waals surface area contributed by atoms with E-state index < -0.39 is 6.17 Å². The second kappa shape index (κ2) is 2.97. The first-order valence-electron chi connectivity index (χ1n) is 3.32. The minimum absolute atomic E-state index is 0.0891. The van der Waals surface area contributed by atoms with Crippen LogP contribution in [-0.2, 0) is 0 Å². The van der Waals surface area contributed by atoms with Crippen molar-refractivity contribution in [2.75, 3.05) is 13.1 Å². The average Bonchev–Trinajstić information content (AvgIpc) is 1.89. The summed E-state index contributed by atoms with van der Waals surface area (Å²) in [5.74, 6) is 0.0891. The lowest BCUT2D eigenvalue weighted by molar-refractivity contribution is 0.214. The summed E-state index contributed by atoms with van der Waals surface area (Å²) >= 11 is 0. The highest BCUT2D eigenvalue weighted by Crippen LogP contribution is 2.15. The second-order valence-electron chi connectivity index (χ2n) is 2.41. The highest BCUT2D eigenvalue weighted by atomic mass is 19.1. The van der Waals surface area contributed by atoms with E-state index in [1.54, 1.807) is 6.08 Å². The SMILES string of the molecule is C=CC1CCNCC1F. The number of allylic oxidation sites excluding steroid dienone is 1. The molecule has 2 heteroatoms. The number of nitrogens with one attached hydrogen (secondary N) is 1. The van der Waals surface area contributed by atoms with Crippen LogP contribution < -0.4 is 5.32 Å². The molecule has 1 rings (SSSR count). The Labute approximate surface area is 54.9 Å². The molecule has 0 saturated carbocycles. The molecule has 1 N–H and O–H groups in total. The van der Waals surface area contributed by atoms with E-state index in [1.165, 1.54) is 0 Å². The fourth-order valence-electron chi connectivity index (χ4n) is 1.11. The van der Waals surface area contributed by atoms with Crippen LogP contribution in [0, 0.1) is 5.92 Å². The Morgan fingerprint density at radius 3 is 2.89 bits per heavy atom. The summed E-state index contributed by atoms with van der Waals surface area (Å²) in [4.78, 5) is 0. The molecule has 0 spiro atoms. The molecule has 2 unspecified atom stereocenters. The second-order valence-corrected chi connectivity index (χ2v) is 2.41. The molecule has 52 valence electrons. The Bertz CT molecular complexity index is 103. The van der Waals surface area contributed by atoms with Gasteiger partial charge < -0.3 is 5.32 Å². The summed E-state index contributed by atoms with van der Waals surface area (Å²) in [6, 6.07) is 0. The highest BCUT2D eigenvalue weighted by molar-refractivity contribution is 4.89. The molecule has 0 aromatic carbocycles. The Kier molecular flexibility index (Phi) is 2.22. The molecule has 1 nitrogen and oxygen atoms in total. The van der Waals surface area contributed by atoms with E-state index in [0.29, 0.717) is 6.54 Å². The van der Waals surface area contributed by atoms with Crippen LogP contribution in [0.1, 0.15) is 6.42 Å². The first-order valence-corrected chi connectivity index (χ1v) is 3.32. The predicted molar refractivity (Wildman–Crippen MR) is 36.1 cm³/mol. The zero-order valence-corrected chi connectivity index (χ0v) is 5.44. The first kappa shape index (κ1) is 6.75. The van der Waals surface area contributed by atoms with Gasteiger partial charge in [0.2, 0.25) is 0 Å².